The summed E-state index contributed by atoms with van der Waals surface area (Å²) >= 11 is 0. The Kier molecular flexibility index (Phi) is 41.1. The lowest BCUT2D eigenvalue weighted by Gasteiger charge is -2.18. The van der Waals surface area contributed by atoms with Gasteiger partial charge in [0.05, 0.1) is 0 Å². The molecule has 1 unspecified atom stereocenters. The van der Waals surface area contributed by atoms with Crippen molar-refractivity contribution in [2.45, 2.75) is 207 Å². The van der Waals surface area contributed by atoms with Gasteiger partial charge in [-0.25, -0.2) is 0 Å². The third-order valence-corrected chi connectivity index (χ3v) is 9.23. The summed E-state index contributed by atoms with van der Waals surface area (Å²) in [5.74, 6) is -0.924. The van der Waals surface area contributed by atoms with E-state index in [0.717, 1.165) is 122 Å². The fourth-order valence-corrected chi connectivity index (χ4v) is 5.85. The van der Waals surface area contributed by atoms with E-state index in [2.05, 4.69) is 93.7 Å². The molecule has 0 radical (unpaired) electrons. The zero-order valence-corrected chi connectivity index (χ0v) is 35.7. The second-order valence-electron chi connectivity index (χ2n) is 14.6. The molecular weight excluding hydrogens is 685 g/mol. The summed E-state index contributed by atoms with van der Waals surface area (Å²) in [7, 11) is 0. The second-order valence-corrected chi connectivity index (χ2v) is 14.6. The summed E-state index contributed by atoms with van der Waals surface area (Å²) in [6, 6.07) is 0. The van der Waals surface area contributed by atoms with Crippen LogP contribution in [0.2, 0.25) is 0 Å². The molecule has 6 heteroatoms. The molecule has 0 aliphatic carbocycles. The molecule has 0 bridgehead atoms. The van der Waals surface area contributed by atoms with Gasteiger partial charge >= 0.3 is 17.9 Å². The van der Waals surface area contributed by atoms with Crippen molar-refractivity contribution in [1.29, 1.82) is 0 Å². The van der Waals surface area contributed by atoms with Crippen LogP contribution < -0.4 is 0 Å². The average Bonchev–Trinajstić information content (AvgIpc) is 3.18. The molecule has 55 heavy (non-hydrogen) atoms. The van der Waals surface area contributed by atoms with Gasteiger partial charge in [0.2, 0.25) is 0 Å². The summed E-state index contributed by atoms with van der Waals surface area (Å²) in [5, 5.41) is 0. The van der Waals surface area contributed by atoms with Gasteiger partial charge in [0.25, 0.3) is 0 Å². The van der Waals surface area contributed by atoms with Crippen LogP contribution in [0, 0.1) is 0 Å². The molecule has 0 aromatic rings. The highest BCUT2D eigenvalue weighted by atomic mass is 16.6. The number of carbonyl (C=O) groups is 3. The molecule has 0 saturated carbocycles. The van der Waals surface area contributed by atoms with Crippen molar-refractivity contribution in [3.8, 4) is 0 Å². The number of ether oxygens (including phenoxy) is 3. The van der Waals surface area contributed by atoms with E-state index < -0.39 is 6.10 Å². The van der Waals surface area contributed by atoms with Gasteiger partial charge in [0, 0.05) is 19.3 Å². The summed E-state index contributed by atoms with van der Waals surface area (Å²) in [5.41, 5.74) is 0. The largest absolute Gasteiger partial charge is 0.462 e. The van der Waals surface area contributed by atoms with Crippen LogP contribution >= 0.6 is 0 Å². The topological polar surface area (TPSA) is 78.9 Å². The Morgan fingerprint density at radius 2 is 0.709 bits per heavy atom. The molecule has 0 spiro atoms. The smallest absolute Gasteiger partial charge is 0.306 e. The molecule has 0 rings (SSSR count). The number of carbonyl (C=O) groups excluding carboxylic acids is 3. The minimum Gasteiger partial charge on any atom is -0.462 e. The maximum atomic E-state index is 12.4. The van der Waals surface area contributed by atoms with Crippen LogP contribution in [0.1, 0.15) is 201 Å². The predicted octanol–water partition coefficient (Wildman–Crippen LogP) is 14.3. The summed E-state index contributed by atoms with van der Waals surface area (Å²) < 4.78 is 16.4. The van der Waals surface area contributed by atoms with E-state index >= 15 is 0 Å². The van der Waals surface area contributed by atoms with Gasteiger partial charge < -0.3 is 14.2 Å². The highest BCUT2D eigenvalue weighted by Gasteiger charge is 2.19. The Morgan fingerprint density at radius 3 is 1.11 bits per heavy atom. The summed E-state index contributed by atoms with van der Waals surface area (Å²) in [6.45, 7) is 6.32. The number of unbranched alkanes of at least 4 members (excludes halogenated alkanes) is 16. The van der Waals surface area contributed by atoms with Crippen molar-refractivity contribution in [3.05, 3.63) is 72.9 Å². The molecule has 0 heterocycles. The van der Waals surface area contributed by atoms with Crippen molar-refractivity contribution in [3.63, 3.8) is 0 Å². The van der Waals surface area contributed by atoms with Crippen LogP contribution in [0.3, 0.4) is 0 Å². The molecule has 6 nitrogen and oxygen atoms in total. The molecule has 0 aromatic carbocycles. The van der Waals surface area contributed by atoms with E-state index in [4.69, 9.17) is 14.2 Å². The molecular formula is C49H82O6. The summed E-state index contributed by atoms with van der Waals surface area (Å²) in [6.07, 6.45) is 53.9. The number of esters is 3. The quantitative estimate of drug-likeness (QED) is 0.0268. The molecule has 0 aliphatic heterocycles. The Morgan fingerprint density at radius 1 is 0.382 bits per heavy atom. The highest BCUT2D eigenvalue weighted by molar-refractivity contribution is 5.71. The average molecular weight is 767 g/mol. The van der Waals surface area contributed by atoms with Crippen LogP contribution in [0.5, 0.6) is 0 Å². The Hall–Kier alpha value is -3.15. The first-order valence-electron chi connectivity index (χ1n) is 22.4. The summed E-state index contributed by atoms with van der Waals surface area (Å²) in [4.78, 5) is 37.1. The normalized spacial score (nSPS) is 12.7. The third kappa shape index (κ3) is 41.8. The molecule has 0 aromatic heterocycles. The van der Waals surface area contributed by atoms with E-state index in [1.807, 2.05) is 0 Å². The number of allylic oxidation sites excluding steroid dienone is 12. The van der Waals surface area contributed by atoms with Crippen LogP contribution in [0.25, 0.3) is 0 Å². The first-order valence-corrected chi connectivity index (χ1v) is 22.4. The van der Waals surface area contributed by atoms with Crippen LogP contribution in [-0.2, 0) is 28.6 Å². The minimum absolute atomic E-state index is 0.0793. The van der Waals surface area contributed by atoms with Crippen molar-refractivity contribution in [1.82, 2.24) is 0 Å². The van der Waals surface area contributed by atoms with E-state index in [1.54, 1.807) is 0 Å². The van der Waals surface area contributed by atoms with Gasteiger partial charge in [0.1, 0.15) is 13.2 Å². The van der Waals surface area contributed by atoms with Crippen LogP contribution in [0.15, 0.2) is 72.9 Å². The SMILES string of the molecule is CC/C=C\C/C=C\C/C=C\C/C=C\C/C=C\C/C=C\CCCCCCCCCCC(=O)OCC(COC(=O)CCCCCCC)OC(=O)CCCCCCC. The molecule has 1 atom stereocenters. The third-order valence-electron chi connectivity index (χ3n) is 9.23. The maximum Gasteiger partial charge on any atom is 0.306 e. The predicted molar refractivity (Wildman–Crippen MR) is 233 cm³/mol. The van der Waals surface area contributed by atoms with Gasteiger partial charge in [-0.2, -0.15) is 0 Å². The molecule has 0 amide bonds. The minimum atomic E-state index is -0.768. The molecule has 0 saturated heterocycles. The van der Waals surface area contributed by atoms with E-state index in [-0.39, 0.29) is 31.1 Å². The fraction of sp³-hybridized carbons (Fsp3) is 0.694. The first-order chi connectivity index (χ1) is 27.0. The van der Waals surface area contributed by atoms with Crippen molar-refractivity contribution in [2.75, 3.05) is 13.2 Å². The zero-order chi connectivity index (χ0) is 40.1. The van der Waals surface area contributed by atoms with Crippen molar-refractivity contribution in [2.24, 2.45) is 0 Å². The molecule has 0 aliphatic rings. The van der Waals surface area contributed by atoms with Gasteiger partial charge in [-0.1, -0.05) is 184 Å². The highest BCUT2D eigenvalue weighted by Crippen LogP contribution is 2.13. The maximum absolute atomic E-state index is 12.4. The standard InChI is InChI=1S/C49H82O6/c1-4-7-10-13-14-15-16-17-18-19-20-21-22-23-24-25-26-27-28-29-30-31-32-33-34-37-39-42-48(51)54-45-46(55-49(52)43-40-36-12-9-6-3)44-53-47(50)41-38-35-11-8-5-2/h7,10,14-15,17-18,20-21,23-24,26-27,46H,4-6,8-9,11-13,16,19,22,25,28-45H2,1-3H3/b10-7-,15-14-,18-17-,21-20-,24-23-,27-26-. The first kappa shape index (κ1) is 51.9. The lowest BCUT2D eigenvalue weighted by atomic mass is 10.1. The Labute approximate surface area is 338 Å². The monoisotopic (exact) mass is 767 g/mol. The van der Waals surface area contributed by atoms with E-state index in [1.165, 1.54) is 38.5 Å². The lowest BCUT2D eigenvalue weighted by molar-refractivity contribution is -0.167. The Balaban J connectivity index is 3.97. The van der Waals surface area contributed by atoms with Gasteiger partial charge in [-0.3, -0.25) is 14.4 Å². The second kappa shape index (κ2) is 43.6. The van der Waals surface area contributed by atoms with Gasteiger partial charge in [-0.15, -0.1) is 0 Å². The fourth-order valence-electron chi connectivity index (χ4n) is 5.85. The van der Waals surface area contributed by atoms with E-state index in [0.29, 0.717) is 19.3 Å². The van der Waals surface area contributed by atoms with Crippen molar-refractivity contribution >= 4 is 17.9 Å². The number of hydrogen-bond acceptors (Lipinski definition) is 6. The number of hydrogen-bond donors (Lipinski definition) is 0. The number of rotatable bonds is 39. The van der Waals surface area contributed by atoms with Crippen LogP contribution in [0.4, 0.5) is 0 Å². The lowest BCUT2D eigenvalue weighted by Crippen LogP contribution is -2.30. The zero-order valence-electron chi connectivity index (χ0n) is 35.7. The van der Waals surface area contributed by atoms with Crippen molar-refractivity contribution < 1.29 is 28.6 Å². The Bertz CT molecular complexity index is 1070. The van der Waals surface area contributed by atoms with Crippen LogP contribution in [-0.4, -0.2) is 37.2 Å². The van der Waals surface area contributed by atoms with Gasteiger partial charge in [0.15, 0.2) is 6.10 Å². The van der Waals surface area contributed by atoms with E-state index in [9.17, 15) is 14.4 Å². The van der Waals surface area contributed by atoms with Gasteiger partial charge in [-0.05, 0) is 70.6 Å². The molecule has 0 N–H and O–H groups in total. The molecule has 314 valence electrons. The molecule has 0 fully saturated rings.